The third-order valence-corrected chi connectivity index (χ3v) is 5.78. The first kappa shape index (κ1) is 22.8. The molecule has 1 aliphatic rings. The fraction of sp³-hybridized carbons (Fsp3) is 0.667. The quantitative estimate of drug-likeness (QED) is 0.400. The number of thiol groups is 1. The minimum Gasteiger partial charge on any atom is -0.469 e. The summed E-state index contributed by atoms with van der Waals surface area (Å²) in [5.74, 6) is -0.883. The molecule has 7 heteroatoms. The van der Waals surface area contributed by atoms with Gasteiger partial charge in [0.1, 0.15) is 0 Å². The van der Waals surface area contributed by atoms with Gasteiger partial charge in [-0.25, -0.2) is 0 Å². The van der Waals surface area contributed by atoms with Crippen molar-refractivity contribution in [3.8, 4) is 0 Å². The summed E-state index contributed by atoms with van der Waals surface area (Å²) >= 11 is 4.15. The number of carbonyl (C=O) groups is 2. The number of ketones is 1. The number of carbonyl (C=O) groups excluding carboxylic acids is 2. The summed E-state index contributed by atoms with van der Waals surface area (Å²) in [6.07, 6.45) is 6.61. The van der Waals surface area contributed by atoms with Gasteiger partial charge in [-0.05, 0) is 58.6 Å². The van der Waals surface area contributed by atoms with Crippen LogP contribution in [0.15, 0.2) is 18.5 Å². The van der Waals surface area contributed by atoms with E-state index in [0.717, 1.165) is 18.4 Å². The summed E-state index contributed by atoms with van der Waals surface area (Å²) in [5, 5.41) is 2.09. The summed E-state index contributed by atoms with van der Waals surface area (Å²) in [6.45, 7) is 9.11. The highest BCUT2D eigenvalue weighted by Crippen LogP contribution is 2.38. The second kappa shape index (κ2) is 9.37. The number of aromatic nitrogens is 1. The van der Waals surface area contributed by atoms with Gasteiger partial charge in [0.15, 0.2) is 5.78 Å². The Balaban J connectivity index is 2.06. The van der Waals surface area contributed by atoms with E-state index in [9.17, 15) is 9.59 Å². The van der Waals surface area contributed by atoms with E-state index >= 15 is 0 Å². The van der Waals surface area contributed by atoms with Gasteiger partial charge in [-0.3, -0.25) is 19.4 Å². The maximum Gasteiger partial charge on any atom is 0.309 e. The van der Waals surface area contributed by atoms with Crippen LogP contribution in [0.4, 0.5) is 0 Å². The molecule has 6 nitrogen and oxygen atoms in total. The number of hydroxylamine groups is 2. The lowest BCUT2D eigenvalue weighted by molar-refractivity contribution is -0.288. The van der Waals surface area contributed by atoms with E-state index in [1.54, 1.807) is 12.3 Å². The predicted molar refractivity (Wildman–Crippen MR) is 111 cm³/mol. The minimum absolute atomic E-state index is 0.0500. The number of Topliss-reactive ketones (excluding diaryl/α,β-unsaturated/α-hetero) is 1. The SMILES string of the molecule is COC(=O)C(CS)CC(=O)c1cncc(CON2C(C)(C)CCCC2(C)C)c1. The number of hydrogen-bond donors (Lipinski definition) is 1. The Hall–Kier alpha value is -1.44. The molecule has 0 bridgehead atoms. The van der Waals surface area contributed by atoms with Gasteiger partial charge in [-0.2, -0.15) is 17.7 Å². The lowest BCUT2D eigenvalue weighted by atomic mass is 9.82. The summed E-state index contributed by atoms with van der Waals surface area (Å²) in [7, 11) is 1.31. The predicted octanol–water partition coefficient (Wildman–Crippen LogP) is 3.85. The zero-order chi connectivity index (χ0) is 20.9. The molecule has 0 aromatic carbocycles. The van der Waals surface area contributed by atoms with E-state index in [1.165, 1.54) is 19.7 Å². The molecule has 0 saturated carbocycles. The Kier molecular flexibility index (Phi) is 7.65. The number of hydrogen-bond acceptors (Lipinski definition) is 7. The van der Waals surface area contributed by atoms with Crippen molar-refractivity contribution in [1.29, 1.82) is 0 Å². The number of methoxy groups -OCH3 is 1. The first-order valence-electron chi connectivity index (χ1n) is 9.70. The van der Waals surface area contributed by atoms with Crippen molar-refractivity contribution >= 4 is 24.4 Å². The van der Waals surface area contributed by atoms with Gasteiger partial charge in [-0.15, -0.1) is 0 Å². The van der Waals surface area contributed by atoms with Crippen LogP contribution in [0.3, 0.4) is 0 Å². The summed E-state index contributed by atoms with van der Waals surface area (Å²) in [5.41, 5.74) is 1.18. The number of ether oxygens (including phenoxy) is 1. The van der Waals surface area contributed by atoms with E-state index in [-0.39, 0.29) is 29.0 Å². The second-order valence-corrected chi connectivity index (χ2v) is 9.02. The lowest BCUT2D eigenvalue weighted by Gasteiger charge is -2.51. The average molecular weight is 409 g/mol. The van der Waals surface area contributed by atoms with Crippen molar-refractivity contribution < 1.29 is 19.2 Å². The van der Waals surface area contributed by atoms with Gasteiger partial charge >= 0.3 is 5.97 Å². The number of rotatable bonds is 8. The Labute approximate surface area is 173 Å². The van der Waals surface area contributed by atoms with Crippen LogP contribution in [0.2, 0.25) is 0 Å². The molecule has 2 heterocycles. The number of piperidine rings is 1. The van der Waals surface area contributed by atoms with Gasteiger partial charge in [0.2, 0.25) is 0 Å². The third kappa shape index (κ3) is 5.55. The van der Waals surface area contributed by atoms with Gasteiger partial charge in [0, 0.05) is 41.2 Å². The Morgan fingerprint density at radius 2 is 1.86 bits per heavy atom. The molecule has 1 atom stereocenters. The van der Waals surface area contributed by atoms with Crippen LogP contribution in [-0.4, -0.2) is 45.7 Å². The molecule has 156 valence electrons. The first-order valence-corrected chi connectivity index (χ1v) is 10.3. The molecule has 1 unspecified atom stereocenters. The van der Waals surface area contributed by atoms with Crippen LogP contribution in [0.5, 0.6) is 0 Å². The summed E-state index contributed by atoms with van der Waals surface area (Å²) in [4.78, 5) is 34.7. The van der Waals surface area contributed by atoms with Crippen molar-refractivity contribution in [2.24, 2.45) is 5.92 Å². The van der Waals surface area contributed by atoms with Crippen LogP contribution < -0.4 is 0 Å². The molecule has 1 saturated heterocycles. The molecule has 0 spiro atoms. The largest absolute Gasteiger partial charge is 0.469 e. The molecule has 1 fully saturated rings. The zero-order valence-corrected chi connectivity index (χ0v) is 18.4. The molecular formula is C21H32N2O4S. The highest BCUT2D eigenvalue weighted by Gasteiger charge is 2.42. The van der Waals surface area contributed by atoms with Gasteiger partial charge in [0.05, 0.1) is 19.6 Å². The van der Waals surface area contributed by atoms with Gasteiger partial charge in [-0.1, -0.05) is 0 Å². The molecule has 0 amide bonds. The summed E-state index contributed by atoms with van der Waals surface area (Å²) < 4.78 is 4.73. The molecule has 1 aromatic heterocycles. The standard InChI is InChI=1S/C21H32N2O4S/c1-20(2)7-6-8-21(3,4)23(20)27-13-15-9-16(12-22-11-15)18(24)10-17(14-28)19(25)26-5/h9,11-12,17,28H,6-8,10,13-14H2,1-5H3. The van der Waals surface area contributed by atoms with E-state index in [2.05, 4.69) is 50.4 Å². The van der Waals surface area contributed by atoms with E-state index in [1.807, 2.05) is 0 Å². The molecule has 2 rings (SSSR count). The number of esters is 1. The molecule has 0 aliphatic carbocycles. The van der Waals surface area contributed by atoms with Crippen molar-refractivity contribution in [1.82, 2.24) is 10.0 Å². The van der Waals surface area contributed by atoms with E-state index in [4.69, 9.17) is 9.57 Å². The maximum atomic E-state index is 12.6. The van der Waals surface area contributed by atoms with Crippen molar-refractivity contribution in [3.63, 3.8) is 0 Å². The van der Waals surface area contributed by atoms with Crippen LogP contribution in [0.1, 0.15) is 69.3 Å². The fourth-order valence-electron chi connectivity index (χ4n) is 3.91. The molecule has 0 radical (unpaired) electrons. The molecule has 0 N–H and O–H groups in total. The minimum atomic E-state index is -0.560. The first-order chi connectivity index (χ1) is 13.1. The Bertz CT molecular complexity index is 689. The molecular weight excluding hydrogens is 376 g/mol. The van der Waals surface area contributed by atoms with Crippen molar-refractivity contribution in [2.75, 3.05) is 12.9 Å². The zero-order valence-electron chi connectivity index (χ0n) is 17.5. The molecule has 1 aliphatic heterocycles. The van der Waals surface area contributed by atoms with Crippen LogP contribution in [0.25, 0.3) is 0 Å². The second-order valence-electron chi connectivity index (χ2n) is 8.66. The monoisotopic (exact) mass is 408 g/mol. The van der Waals surface area contributed by atoms with E-state index < -0.39 is 11.9 Å². The highest BCUT2D eigenvalue weighted by atomic mass is 32.1. The van der Waals surface area contributed by atoms with Gasteiger partial charge in [0.25, 0.3) is 0 Å². The number of nitrogens with zero attached hydrogens (tertiary/aromatic N) is 2. The Morgan fingerprint density at radius 3 is 2.43 bits per heavy atom. The molecule has 1 aromatic rings. The fourth-order valence-corrected chi connectivity index (χ4v) is 4.19. The van der Waals surface area contributed by atoms with Crippen LogP contribution >= 0.6 is 12.6 Å². The van der Waals surface area contributed by atoms with Crippen LogP contribution in [0, 0.1) is 5.92 Å². The smallest absolute Gasteiger partial charge is 0.309 e. The highest BCUT2D eigenvalue weighted by molar-refractivity contribution is 7.80. The number of pyridine rings is 1. The lowest BCUT2D eigenvalue weighted by Crippen LogP contribution is -2.58. The topological polar surface area (TPSA) is 68.7 Å². The maximum absolute atomic E-state index is 12.6. The normalized spacial score (nSPS) is 19.8. The summed E-state index contributed by atoms with van der Waals surface area (Å²) in [6, 6.07) is 1.78. The van der Waals surface area contributed by atoms with Crippen LogP contribution in [-0.2, 0) is 21.0 Å². The van der Waals surface area contributed by atoms with E-state index in [0.29, 0.717) is 12.2 Å². The molecule has 28 heavy (non-hydrogen) atoms. The van der Waals surface area contributed by atoms with Crippen molar-refractivity contribution in [2.45, 2.75) is 71.1 Å². The third-order valence-electron chi connectivity index (χ3n) is 5.34. The van der Waals surface area contributed by atoms with Gasteiger partial charge < -0.3 is 4.74 Å². The Morgan fingerprint density at radius 1 is 1.21 bits per heavy atom. The average Bonchev–Trinajstić information content (AvgIpc) is 2.64. The van der Waals surface area contributed by atoms with Crippen molar-refractivity contribution in [3.05, 3.63) is 29.6 Å².